The predicted octanol–water partition coefficient (Wildman–Crippen LogP) is -0.152. The van der Waals surface area contributed by atoms with Crippen LogP contribution in [-0.2, 0) is 9.84 Å². The maximum absolute atomic E-state index is 11.6. The van der Waals surface area contributed by atoms with E-state index in [0.717, 1.165) is 6.26 Å². The molecule has 1 aromatic rings. The number of carbonyl (C=O) groups excluding carboxylic acids is 1. The summed E-state index contributed by atoms with van der Waals surface area (Å²) in [4.78, 5) is 25.6. The van der Waals surface area contributed by atoms with Crippen LogP contribution in [0.3, 0.4) is 0 Å². The van der Waals surface area contributed by atoms with Gasteiger partial charge in [-0.2, -0.15) is 0 Å². The van der Waals surface area contributed by atoms with E-state index in [4.69, 9.17) is 0 Å². The van der Waals surface area contributed by atoms with Gasteiger partial charge in [0.15, 0.2) is 0 Å². The van der Waals surface area contributed by atoms with Crippen LogP contribution in [0.5, 0.6) is 0 Å². The molecule has 2 N–H and O–H groups in total. The van der Waals surface area contributed by atoms with Gasteiger partial charge in [-0.05, 0) is 25.5 Å². The van der Waals surface area contributed by atoms with Gasteiger partial charge in [0.2, 0.25) is 0 Å². The zero-order chi connectivity index (χ0) is 13.8. The highest BCUT2D eigenvalue weighted by molar-refractivity contribution is 7.90. The van der Waals surface area contributed by atoms with Gasteiger partial charge in [-0.25, -0.2) is 8.42 Å². The maximum atomic E-state index is 11.6. The molecule has 0 aliphatic carbocycles. The second kappa shape index (κ2) is 5.81. The standard InChI is InChI=1S/C11H16N2O4S/c1-8-4-5-9(11(15)13-8)10(14)12-6-3-7-18(2,16)17/h4-5H,3,6-7H2,1-2H3,(H,12,14)(H,13,15). The van der Waals surface area contributed by atoms with E-state index in [-0.39, 0.29) is 17.9 Å². The fourth-order valence-electron chi connectivity index (χ4n) is 1.38. The van der Waals surface area contributed by atoms with Crippen LogP contribution in [0.4, 0.5) is 0 Å². The number of nitrogens with one attached hydrogen (secondary N) is 2. The highest BCUT2D eigenvalue weighted by Crippen LogP contribution is 1.94. The first-order valence-corrected chi connectivity index (χ1v) is 7.51. The SMILES string of the molecule is Cc1ccc(C(=O)NCCCS(C)(=O)=O)c(=O)[nH]1. The normalized spacial score (nSPS) is 11.2. The topological polar surface area (TPSA) is 96.1 Å². The number of rotatable bonds is 5. The van der Waals surface area contributed by atoms with E-state index in [1.165, 1.54) is 6.07 Å². The van der Waals surface area contributed by atoms with Crippen molar-refractivity contribution in [1.82, 2.24) is 10.3 Å². The van der Waals surface area contributed by atoms with Gasteiger partial charge in [-0.3, -0.25) is 9.59 Å². The molecule has 0 atom stereocenters. The predicted molar refractivity (Wildman–Crippen MR) is 68.5 cm³/mol. The highest BCUT2D eigenvalue weighted by Gasteiger charge is 2.10. The first-order valence-electron chi connectivity index (χ1n) is 5.45. The molecule has 6 nitrogen and oxygen atoms in total. The number of aromatic amines is 1. The number of aromatic nitrogens is 1. The van der Waals surface area contributed by atoms with Crippen molar-refractivity contribution in [2.45, 2.75) is 13.3 Å². The summed E-state index contributed by atoms with van der Waals surface area (Å²) in [6.07, 6.45) is 1.47. The molecule has 1 amide bonds. The Balaban J connectivity index is 2.54. The number of H-pyrrole nitrogens is 1. The minimum Gasteiger partial charge on any atom is -0.352 e. The van der Waals surface area contributed by atoms with E-state index in [9.17, 15) is 18.0 Å². The summed E-state index contributed by atoms with van der Waals surface area (Å²) in [6.45, 7) is 1.94. The van der Waals surface area contributed by atoms with Crippen molar-refractivity contribution in [3.8, 4) is 0 Å². The van der Waals surface area contributed by atoms with Crippen molar-refractivity contribution >= 4 is 15.7 Å². The molecule has 1 heterocycles. The van der Waals surface area contributed by atoms with Crippen LogP contribution in [0.25, 0.3) is 0 Å². The Morgan fingerprint density at radius 3 is 2.61 bits per heavy atom. The average Bonchev–Trinajstić information content (AvgIpc) is 2.22. The fraction of sp³-hybridized carbons (Fsp3) is 0.455. The summed E-state index contributed by atoms with van der Waals surface area (Å²) < 4.78 is 21.7. The minimum atomic E-state index is -3.02. The first kappa shape index (κ1) is 14.4. The molecule has 0 saturated heterocycles. The summed E-state index contributed by atoms with van der Waals surface area (Å²) in [5.41, 5.74) is 0.254. The molecule has 0 saturated carbocycles. The van der Waals surface area contributed by atoms with Crippen LogP contribution in [0.2, 0.25) is 0 Å². The Kier molecular flexibility index (Phi) is 4.66. The van der Waals surface area contributed by atoms with Gasteiger partial charge in [0.1, 0.15) is 15.4 Å². The van der Waals surface area contributed by atoms with Crippen molar-refractivity contribution in [1.29, 1.82) is 0 Å². The molecular formula is C11H16N2O4S. The van der Waals surface area contributed by atoms with Crippen LogP contribution < -0.4 is 10.9 Å². The van der Waals surface area contributed by atoms with Gasteiger partial charge in [-0.1, -0.05) is 0 Å². The van der Waals surface area contributed by atoms with Crippen molar-refractivity contribution in [2.24, 2.45) is 0 Å². The zero-order valence-corrected chi connectivity index (χ0v) is 11.1. The third-order valence-electron chi connectivity index (χ3n) is 2.28. The lowest BCUT2D eigenvalue weighted by Gasteiger charge is -2.04. The van der Waals surface area contributed by atoms with E-state index in [1.807, 2.05) is 0 Å². The van der Waals surface area contributed by atoms with Gasteiger partial charge in [-0.15, -0.1) is 0 Å². The number of amides is 1. The largest absolute Gasteiger partial charge is 0.352 e. The molecule has 0 radical (unpaired) electrons. The number of sulfone groups is 1. The number of carbonyl (C=O) groups is 1. The molecule has 0 aliphatic heterocycles. The van der Waals surface area contributed by atoms with Crippen LogP contribution in [-0.4, -0.2) is 37.9 Å². The molecule has 7 heteroatoms. The molecule has 0 aromatic carbocycles. The Morgan fingerprint density at radius 1 is 1.39 bits per heavy atom. The third-order valence-corrected chi connectivity index (χ3v) is 3.31. The molecule has 0 spiro atoms. The van der Waals surface area contributed by atoms with Crippen LogP contribution >= 0.6 is 0 Å². The molecule has 18 heavy (non-hydrogen) atoms. The van der Waals surface area contributed by atoms with Crippen molar-refractivity contribution in [2.75, 3.05) is 18.6 Å². The number of pyridine rings is 1. The lowest BCUT2D eigenvalue weighted by Crippen LogP contribution is -2.31. The third kappa shape index (κ3) is 4.70. The Bertz CT molecular complexity index is 589. The quantitative estimate of drug-likeness (QED) is 0.728. The fourth-order valence-corrected chi connectivity index (χ4v) is 2.05. The lowest BCUT2D eigenvalue weighted by molar-refractivity contribution is 0.0952. The van der Waals surface area contributed by atoms with Crippen molar-refractivity contribution < 1.29 is 13.2 Å². The van der Waals surface area contributed by atoms with E-state index in [2.05, 4.69) is 10.3 Å². The molecule has 0 fully saturated rings. The van der Waals surface area contributed by atoms with Gasteiger partial charge >= 0.3 is 0 Å². The van der Waals surface area contributed by atoms with Gasteiger partial charge < -0.3 is 10.3 Å². The summed E-state index contributed by atoms with van der Waals surface area (Å²) in [6, 6.07) is 3.08. The van der Waals surface area contributed by atoms with Gasteiger partial charge in [0.05, 0.1) is 5.75 Å². The minimum absolute atomic E-state index is 0.0114. The first-order chi connectivity index (χ1) is 8.29. The van der Waals surface area contributed by atoms with Crippen LogP contribution in [0.1, 0.15) is 22.5 Å². The second-order valence-corrected chi connectivity index (χ2v) is 6.38. The molecule has 0 unspecified atom stereocenters. The van der Waals surface area contributed by atoms with Crippen LogP contribution in [0, 0.1) is 6.92 Å². The number of hydrogen-bond donors (Lipinski definition) is 2. The summed E-state index contributed by atoms with van der Waals surface area (Å²) in [5.74, 6) is -0.484. The molecular weight excluding hydrogens is 256 g/mol. The Labute approximate surface area is 105 Å². The van der Waals surface area contributed by atoms with Crippen molar-refractivity contribution in [3.63, 3.8) is 0 Å². The molecule has 1 rings (SSSR count). The maximum Gasteiger partial charge on any atom is 0.260 e. The van der Waals surface area contributed by atoms with Crippen molar-refractivity contribution in [3.05, 3.63) is 33.7 Å². The van der Waals surface area contributed by atoms with E-state index in [0.29, 0.717) is 12.1 Å². The number of hydrogen-bond acceptors (Lipinski definition) is 4. The molecule has 0 bridgehead atoms. The van der Waals surface area contributed by atoms with Gasteiger partial charge in [0, 0.05) is 18.5 Å². The summed E-state index contributed by atoms with van der Waals surface area (Å²) in [5, 5.41) is 2.51. The smallest absolute Gasteiger partial charge is 0.260 e. The highest BCUT2D eigenvalue weighted by atomic mass is 32.2. The Morgan fingerprint density at radius 2 is 2.06 bits per heavy atom. The zero-order valence-electron chi connectivity index (χ0n) is 10.3. The van der Waals surface area contributed by atoms with E-state index < -0.39 is 21.3 Å². The summed E-state index contributed by atoms with van der Waals surface area (Å²) in [7, 11) is -3.02. The molecule has 0 aliphatic rings. The molecule has 100 valence electrons. The summed E-state index contributed by atoms with van der Waals surface area (Å²) >= 11 is 0. The monoisotopic (exact) mass is 272 g/mol. The van der Waals surface area contributed by atoms with E-state index in [1.54, 1.807) is 13.0 Å². The van der Waals surface area contributed by atoms with E-state index >= 15 is 0 Å². The second-order valence-electron chi connectivity index (χ2n) is 4.12. The molecule has 1 aromatic heterocycles. The number of aryl methyl sites for hydroxylation is 1. The average molecular weight is 272 g/mol. The lowest BCUT2D eigenvalue weighted by atomic mass is 10.2. The Hall–Kier alpha value is -1.63. The van der Waals surface area contributed by atoms with Gasteiger partial charge in [0.25, 0.3) is 11.5 Å². The van der Waals surface area contributed by atoms with Crippen LogP contribution in [0.15, 0.2) is 16.9 Å².